The van der Waals surface area contributed by atoms with E-state index in [2.05, 4.69) is 25.7 Å². The van der Waals surface area contributed by atoms with Crippen LogP contribution in [0.4, 0.5) is 0 Å². The number of aliphatic carboxylic acids is 1. The molecule has 0 atom stereocenters. The van der Waals surface area contributed by atoms with Crippen molar-refractivity contribution in [1.82, 2.24) is 4.90 Å². The molecule has 0 amide bonds. The van der Waals surface area contributed by atoms with Gasteiger partial charge in [0.15, 0.2) is 11.5 Å². The summed E-state index contributed by atoms with van der Waals surface area (Å²) in [6.07, 6.45) is 10.5. The van der Waals surface area contributed by atoms with Gasteiger partial charge in [-0.2, -0.15) is 0 Å². The lowest BCUT2D eigenvalue weighted by Crippen LogP contribution is -2.27. The minimum Gasteiger partial charge on any atom is -0.502 e. The van der Waals surface area contributed by atoms with Crippen LogP contribution in [0.2, 0.25) is 0 Å². The highest BCUT2D eigenvalue weighted by Gasteiger charge is 2.09. The van der Waals surface area contributed by atoms with Gasteiger partial charge in [0.1, 0.15) is 0 Å². The molecule has 0 aliphatic carbocycles. The molecule has 0 fully saturated rings. The fourth-order valence-electron chi connectivity index (χ4n) is 2.66. The van der Waals surface area contributed by atoms with Gasteiger partial charge in [0, 0.05) is 6.08 Å². The highest BCUT2D eigenvalue weighted by atomic mass is 16.5. The van der Waals surface area contributed by atoms with Crippen molar-refractivity contribution in [3.8, 4) is 17.2 Å². The number of hydrogen-bond acceptors (Lipinski definition) is 5. The Balaban J connectivity index is 0.000000555. The number of carboxylic acid groups (broad SMARTS) is 1. The lowest BCUT2D eigenvalue weighted by Gasteiger charge is -2.21. The van der Waals surface area contributed by atoms with Crippen LogP contribution >= 0.6 is 0 Å². The van der Waals surface area contributed by atoms with Crippen LogP contribution in [-0.4, -0.2) is 54.9 Å². The summed E-state index contributed by atoms with van der Waals surface area (Å²) >= 11 is 0. The first-order valence-electron chi connectivity index (χ1n) is 10.5. The van der Waals surface area contributed by atoms with Crippen LogP contribution in [0, 0.1) is 0 Å². The molecule has 0 spiro atoms. The second kappa shape index (κ2) is 16.7. The maximum atomic E-state index is 10.3. The molecule has 6 heteroatoms. The summed E-state index contributed by atoms with van der Waals surface area (Å²) in [5.41, 5.74) is 0.564. The first-order valence-corrected chi connectivity index (χ1v) is 10.5. The summed E-state index contributed by atoms with van der Waals surface area (Å²) in [4.78, 5) is 13.0. The number of phenolic OH excluding ortho intramolecular Hbond substituents is 1. The Hall–Kier alpha value is -2.21. The van der Waals surface area contributed by atoms with Gasteiger partial charge in [0.25, 0.3) is 0 Å². The fraction of sp³-hybridized carbons (Fsp3) is 0.609. The monoisotopic (exact) mass is 409 g/mol. The van der Waals surface area contributed by atoms with E-state index in [1.54, 1.807) is 0 Å². The van der Waals surface area contributed by atoms with Crippen molar-refractivity contribution in [3.63, 3.8) is 0 Å². The van der Waals surface area contributed by atoms with Gasteiger partial charge in [0.2, 0.25) is 5.75 Å². The summed E-state index contributed by atoms with van der Waals surface area (Å²) in [6.45, 7) is 10.8. The van der Waals surface area contributed by atoms with E-state index in [4.69, 9.17) is 14.6 Å². The quantitative estimate of drug-likeness (QED) is 0.436. The fourth-order valence-corrected chi connectivity index (χ4v) is 2.66. The van der Waals surface area contributed by atoms with Crippen LogP contribution < -0.4 is 9.47 Å². The number of unbranched alkanes of at least 4 members (excludes halogenated alkanes) is 3. The second-order valence-corrected chi connectivity index (χ2v) is 6.85. The van der Waals surface area contributed by atoms with E-state index in [1.807, 2.05) is 0 Å². The van der Waals surface area contributed by atoms with Gasteiger partial charge in [-0.1, -0.05) is 40.0 Å². The highest BCUT2D eigenvalue weighted by molar-refractivity contribution is 5.85. The van der Waals surface area contributed by atoms with Crippen molar-refractivity contribution >= 4 is 12.0 Å². The van der Waals surface area contributed by atoms with Crippen molar-refractivity contribution in [2.75, 3.05) is 33.9 Å². The second-order valence-electron chi connectivity index (χ2n) is 6.85. The van der Waals surface area contributed by atoms with Crippen molar-refractivity contribution in [3.05, 3.63) is 23.8 Å². The first-order chi connectivity index (χ1) is 13.9. The van der Waals surface area contributed by atoms with E-state index < -0.39 is 5.97 Å². The maximum Gasteiger partial charge on any atom is 0.328 e. The van der Waals surface area contributed by atoms with Crippen molar-refractivity contribution < 1.29 is 24.5 Å². The average Bonchev–Trinajstić information content (AvgIpc) is 2.72. The van der Waals surface area contributed by atoms with Gasteiger partial charge >= 0.3 is 5.97 Å². The Bertz CT molecular complexity index is 557. The lowest BCUT2D eigenvalue weighted by atomic mass is 10.1. The molecule has 0 heterocycles. The van der Waals surface area contributed by atoms with Crippen LogP contribution in [0.5, 0.6) is 17.2 Å². The first kappa shape index (κ1) is 26.8. The normalized spacial score (nSPS) is 10.7. The Morgan fingerprint density at radius 1 is 0.931 bits per heavy atom. The predicted octanol–water partition coefficient (Wildman–Crippen LogP) is 5.20. The third-order valence-electron chi connectivity index (χ3n) is 4.40. The molecule has 0 saturated carbocycles. The van der Waals surface area contributed by atoms with E-state index in [9.17, 15) is 9.90 Å². The standard InChI is InChI=1S/C12H27N.C11H12O5/c1-4-7-10-13(11-8-5-2)12-9-6-3;1-15-8-5-7(3-4-10(12)13)6-9(16-2)11(8)14/h4-12H2,1-3H3;3-6,14H,1-2H3,(H,12,13). The molecule has 0 radical (unpaired) electrons. The molecule has 166 valence electrons. The predicted molar refractivity (Wildman–Crippen MR) is 119 cm³/mol. The molecule has 0 saturated heterocycles. The van der Waals surface area contributed by atoms with Crippen LogP contribution in [0.25, 0.3) is 6.08 Å². The summed E-state index contributed by atoms with van der Waals surface area (Å²) in [5, 5.41) is 18.1. The number of nitrogens with zero attached hydrogens (tertiary/aromatic N) is 1. The molecule has 0 bridgehead atoms. The number of rotatable bonds is 13. The molecule has 0 aromatic heterocycles. The number of ether oxygens (including phenoxy) is 2. The van der Waals surface area contributed by atoms with E-state index in [-0.39, 0.29) is 17.2 Å². The number of phenols is 1. The van der Waals surface area contributed by atoms with Gasteiger partial charge in [-0.3, -0.25) is 0 Å². The molecule has 1 aromatic rings. The van der Waals surface area contributed by atoms with Gasteiger partial charge in [0.05, 0.1) is 14.2 Å². The summed E-state index contributed by atoms with van der Waals surface area (Å²) in [5.74, 6) is -0.711. The Morgan fingerprint density at radius 2 is 1.34 bits per heavy atom. The third-order valence-corrected chi connectivity index (χ3v) is 4.40. The van der Waals surface area contributed by atoms with Gasteiger partial charge in [-0.15, -0.1) is 0 Å². The van der Waals surface area contributed by atoms with E-state index in [0.717, 1.165) is 6.08 Å². The van der Waals surface area contributed by atoms with Crippen molar-refractivity contribution in [2.24, 2.45) is 0 Å². The zero-order valence-electron chi connectivity index (χ0n) is 18.7. The molecule has 1 rings (SSSR count). The topological polar surface area (TPSA) is 79.2 Å². The van der Waals surface area contributed by atoms with Gasteiger partial charge < -0.3 is 24.6 Å². The molecule has 29 heavy (non-hydrogen) atoms. The van der Waals surface area contributed by atoms with E-state index in [1.165, 1.54) is 90.6 Å². The summed E-state index contributed by atoms with van der Waals surface area (Å²) in [6, 6.07) is 3.02. The number of carboxylic acids is 1. The minimum absolute atomic E-state index is 0.113. The van der Waals surface area contributed by atoms with Crippen LogP contribution in [-0.2, 0) is 4.79 Å². The van der Waals surface area contributed by atoms with Crippen molar-refractivity contribution in [2.45, 2.75) is 59.3 Å². The molecule has 0 unspecified atom stereocenters. The largest absolute Gasteiger partial charge is 0.502 e. The molecule has 0 aliphatic heterocycles. The van der Waals surface area contributed by atoms with Crippen molar-refractivity contribution in [1.29, 1.82) is 0 Å². The summed E-state index contributed by atoms with van der Waals surface area (Å²) < 4.78 is 9.85. The smallest absolute Gasteiger partial charge is 0.328 e. The SMILES string of the molecule is CCCCN(CCCC)CCCC.COc1cc(C=CC(=O)O)cc(OC)c1O. The van der Waals surface area contributed by atoms with Crippen LogP contribution in [0.3, 0.4) is 0 Å². The molecule has 2 N–H and O–H groups in total. The Morgan fingerprint density at radius 3 is 1.66 bits per heavy atom. The number of carbonyl (C=O) groups is 1. The zero-order valence-corrected chi connectivity index (χ0v) is 18.7. The Kier molecular flexibility index (Phi) is 15.4. The average molecular weight is 410 g/mol. The number of hydrogen-bond donors (Lipinski definition) is 2. The van der Waals surface area contributed by atoms with Gasteiger partial charge in [-0.05, 0) is 62.7 Å². The lowest BCUT2D eigenvalue weighted by molar-refractivity contribution is -0.131. The summed E-state index contributed by atoms with van der Waals surface area (Å²) in [7, 11) is 2.80. The highest BCUT2D eigenvalue weighted by Crippen LogP contribution is 2.37. The van der Waals surface area contributed by atoms with Crippen LogP contribution in [0.15, 0.2) is 18.2 Å². The zero-order chi connectivity index (χ0) is 22.1. The number of methoxy groups -OCH3 is 2. The minimum atomic E-state index is -1.05. The number of aromatic hydroxyl groups is 1. The molecular formula is C23H39NO5. The van der Waals surface area contributed by atoms with Crippen LogP contribution in [0.1, 0.15) is 64.9 Å². The molecular weight excluding hydrogens is 370 g/mol. The maximum absolute atomic E-state index is 10.3. The third kappa shape index (κ3) is 12.1. The molecule has 6 nitrogen and oxygen atoms in total. The molecule has 0 aliphatic rings. The Labute approximate surface area is 176 Å². The van der Waals surface area contributed by atoms with Gasteiger partial charge in [-0.25, -0.2) is 4.79 Å². The molecule has 1 aromatic carbocycles. The van der Waals surface area contributed by atoms with E-state index in [0.29, 0.717) is 5.56 Å². The number of benzene rings is 1. The van der Waals surface area contributed by atoms with E-state index >= 15 is 0 Å².